The predicted octanol–water partition coefficient (Wildman–Crippen LogP) is 3.41. The summed E-state index contributed by atoms with van der Waals surface area (Å²) >= 11 is 0. The molecule has 0 bridgehead atoms. The molecule has 2 N–H and O–H groups in total. The Hall–Kier alpha value is -1.84. The second-order valence-electron chi connectivity index (χ2n) is 5.70. The molecule has 2 amide bonds. The van der Waals surface area contributed by atoms with E-state index in [0.717, 1.165) is 31.4 Å². The van der Waals surface area contributed by atoms with Crippen LogP contribution in [0.2, 0.25) is 0 Å². The van der Waals surface area contributed by atoms with Crippen molar-refractivity contribution in [1.29, 1.82) is 0 Å². The van der Waals surface area contributed by atoms with E-state index in [-0.39, 0.29) is 23.7 Å². The highest BCUT2D eigenvalue weighted by atomic mass is 16.2. The van der Waals surface area contributed by atoms with Gasteiger partial charge in [-0.2, -0.15) is 0 Å². The molecule has 4 nitrogen and oxygen atoms in total. The average Bonchev–Trinajstić information content (AvgIpc) is 2.92. The minimum atomic E-state index is -0.0632. The molecule has 2 rings (SSSR count). The zero-order valence-corrected chi connectivity index (χ0v) is 12.1. The maximum absolute atomic E-state index is 12.1. The number of amides is 2. The molecule has 1 aliphatic rings. The summed E-state index contributed by atoms with van der Waals surface area (Å²) in [4.78, 5) is 23.7. The monoisotopic (exact) mass is 274 g/mol. The van der Waals surface area contributed by atoms with Crippen molar-refractivity contribution in [3.63, 3.8) is 0 Å². The Morgan fingerprint density at radius 2 is 1.70 bits per heavy atom. The van der Waals surface area contributed by atoms with Crippen molar-refractivity contribution in [3.05, 3.63) is 24.3 Å². The number of nitrogens with one attached hydrogen (secondary N) is 2. The summed E-state index contributed by atoms with van der Waals surface area (Å²) in [7, 11) is 0. The lowest BCUT2D eigenvalue weighted by atomic mass is 10.1. The van der Waals surface area contributed by atoms with E-state index in [1.54, 1.807) is 6.07 Å². The molecule has 0 atom stereocenters. The minimum absolute atomic E-state index is 0.0238. The summed E-state index contributed by atoms with van der Waals surface area (Å²) in [6.45, 7) is 3.70. The number of rotatable bonds is 4. The third-order valence-corrected chi connectivity index (χ3v) is 3.65. The van der Waals surface area contributed by atoms with Gasteiger partial charge in [0.25, 0.3) is 0 Å². The second-order valence-corrected chi connectivity index (χ2v) is 5.70. The molecule has 1 aromatic rings. The van der Waals surface area contributed by atoms with Crippen LogP contribution < -0.4 is 10.6 Å². The average molecular weight is 274 g/mol. The molecule has 20 heavy (non-hydrogen) atoms. The summed E-state index contributed by atoms with van der Waals surface area (Å²) < 4.78 is 0. The van der Waals surface area contributed by atoms with E-state index in [0.29, 0.717) is 5.69 Å². The smallest absolute Gasteiger partial charge is 0.227 e. The van der Waals surface area contributed by atoms with Gasteiger partial charge in [-0.3, -0.25) is 9.59 Å². The summed E-state index contributed by atoms with van der Waals surface area (Å²) in [5.41, 5.74) is 1.45. The van der Waals surface area contributed by atoms with Crippen LogP contribution in [-0.2, 0) is 9.59 Å². The van der Waals surface area contributed by atoms with Crippen LogP contribution in [0.25, 0.3) is 0 Å². The van der Waals surface area contributed by atoms with Gasteiger partial charge in [0, 0.05) is 23.2 Å². The van der Waals surface area contributed by atoms with Gasteiger partial charge in [0.2, 0.25) is 11.8 Å². The Balaban J connectivity index is 1.98. The first-order valence-electron chi connectivity index (χ1n) is 7.28. The highest BCUT2D eigenvalue weighted by Crippen LogP contribution is 2.26. The first kappa shape index (κ1) is 14.6. The van der Waals surface area contributed by atoms with E-state index < -0.39 is 0 Å². The fourth-order valence-electron chi connectivity index (χ4n) is 2.39. The van der Waals surface area contributed by atoms with Crippen LogP contribution >= 0.6 is 0 Å². The van der Waals surface area contributed by atoms with Crippen molar-refractivity contribution < 1.29 is 9.59 Å². The molecule has 0 saturated heterocycles. The second kappa shape index (κ2) is 6.55. The standard InChI is InChI=1S/C16H22N2O2/c1-11(2)15(19)17-13-8-5-9-14(10-13)18-16(20)12-6-3-4-7-12/h5,8-12H,3-4,6-7H2,1-2H3,(H,17,19)(H,18,20). The Morgan fingerprint density at radius 3 is 2.30 bits per heavy atom. The first-order valence-corrected chi connectivity index (χ1v) is 7.28. The number of hydrogen-bond acceptors (Lipinski definition) is 2. The number of carbonyl (C=O) groups excluding carboxylic acids is 2. The molecule has 4 heteroatoms. The van der Waals surface area contributed by atoms with Crippen LogP contribution in [0, 0.1) is 11.8 Å². The van der Waals surface area contributed by atoms with E-state index in [1.165, 1.54) is 0 Å². The van der Waals surface area contributed by atoms with Crippen LogP contribution in [0.1, 0.15) is 39.5 Å². The SMILES string of the molecule is CC(C)C(=O)Nc1cccc(NC(=O)C2CCCC2)c1. The van der Waals surface area contributed by atoms with Gasteiger partial charge in [-0.25, -0.2) is 0 Å². The molecule has 1 aliphatic carbocycles. The van der Waals surface area contributed by atoms with Crippen LogP contribution in [0.15, 0.2) is 24.3 Å². The van der Waals surface area contributed by atoms with Crippen LogP contribution in [0.3, 0.4) is 0 Å². The lowest BCUT2D eigenvalue weighted by molar-refractivity contribution is -0.120. The molecule has 1 aromatic carbocycles. The molecule has 0 heterocycles. The third-order valence-electron chi connectivity index (χ3n) is 3.65. The molecule has 1 saturated carbocycles. The van der Waals surface area contributed by atoms with E-state index in [4.69, 9.17) is 0 Å². The molecular formula is C16H22N2O2. The van der Waals surface area contributed by atoms with Gasteiger partial charge in [0.1, 0.15) is 0 Å². The summed E-state index contributed by atoms with van der Waals surface area (Å²) in [5, 5.41) is 5.77. The zero-order chi connectivity index (χ0) is 14.5. The Kier molecular flexibility index (Phi) is 4.77. The summed E-state index contributed by atoms with van der Waals surface area (Å²) in [5.74, 6) is 0.148. The molecule has 0 spiro atoms. The summed E-state index contributed by atoms with van der Waals surface area (Å²) in [6.07, 6.45) is 4.25. The third kappa shape index (κ3) is 3.83. The van der Waals surface area contributed by atoms with E-state index in [2.05, 4.69) is 10.6 Å². The zero-order valence-electron chi connectivity index (χ0n) is 12.1. The van der Waals surface area contributed by atoms with Crippen LogP contribution in [0.5, 0.6) is 0 Å². The van der Waals surface area contributed by atoms with Crippen molar-refractivity contribution in [2.45, 2.75) is 39.5 Å². The van der Waals surface area contributed by atoms with Crippen LogP contribution in [0.4, 0.5) is 11.4 Å². The maximum Gasteiger partial charge on any atom is 0.227 e. The fraction of sp³-hybridized carbons (Fsp3) is 0.500. The first-order chi connectivity index (χ1) is 9.56. The normalized spacial score (nSPS) is 15.3. The predicted molar refractivity (Wildman–Crippen MR) is 80.5 cm³/mol. The molecule has 0 unspecified atom stereocenters. The van der Waals surface area contributed by atoms with Gasteiger partial charge in [0.05, 0.1) is 0 Å². The summed E-state index contributed by atoms with van der Waals surface area (Å²) in [6, 6.07) is 7.30. The van der Waals surface area contributed by atoms with Crippen molar-refractivity contribution in [2.24, 2.45) is 11.8 Å². The molecular weight excluding hydrogens is 252 g/mol. The van der Waals surface area contributed by atoms with Gasteiger partial charge in [-0.1, -0.05) is 32.8 Å². The highest BCUT2D eigenvalue weighted by molar-refractivity contribution is 5.95. The van der Waals surface area contributed by atoms with Gasteiger partial charge in [0.15, 0.2) is 0 Å². The van der Waals surface area contributed by atoms with Crippen molar-refractivity contribution >= 4 is 23.2 Å². The Morgan fingerprint density at radius 1 is 1.10 bits per heavy atom. The quantitative estimate of drug-likeness (QED) is 0.884. The van der Waals surface area contributed by atoms with E-state index >= 15 is 0 Å². The molecule has 0 aliphatic heterocycles. The Bertz CT molecular complexity index is 491. The molecule has 108 valence electrons. The number of benzene rings is 1. The van der Waals surface area contributed by atoms with Gasteiger partial charge >= 0.3 is 0 Å². The number of carbonyl (C=O) groups is 2. The lowest BCUT2D eigenvalue weighted by Crippen LogP contribution is -2.21. The van der Waals surface area contributed by atoms with Crippen molar-refractivity contribution in [1.82, 2.24) is 0 Å². The van der Waals surface area contributed by atoms with Crippen molar-refractivity contribution in [2.75, 3.05) is 10.6 Å². The molecule has 0 aromatic heterocycles. The highest BCUT2D eigenvalue weighted by Gasteiger charge is 2.22. The van der Waals surface area contributed by atoms with E-state index in [1.807, 2.05) is 32.0 Å². The molecule has 0 radical (unpaired) electrons. The van der Waals surface area contributed by atoms with Gasteiger partial charge in [-0.05, 0) is 31.0 Å². The van der Waals surface area contributed by atoms with Gasteiger partial charge < -0.3 is 10.6 Å². The maximum atomic E-state index is 12.1. The molecule has 1 fully saturated rings. The fourth-order valence-corrected chi connectivity index (χ4v) is 2.39. The van der Waals surface area contributed by atoms with Crippen LogP contribution in [-0.4, -0.2) is 11.8 Å². The van der Waals surface area contributed by atoms with Gasteiger partial charge in [-0.15, -0.1) is 0 Å². The number of anilines is 2. The Labute approximate surface area is 119 Å². The lowest BCUT2D eigenvalue weighted by Gasteiger charge is -2.12. The van der Waals surface area contributed by atoms with E-state index in [9.17, 15) is 9.59 Å². The number of hydrogen-bond donors (Lipinski definition) is 2. The topological polar surface area (TPSA) is 58.2 Å². The largest absolute Gasteiger partial charge is 0.326 e. The van der Waals surface area contributed by atoms with Crippen molar-refractivity contribution in [3.8, 4) is 0 Å². The minimum Gasteiger partial charge on any atom is -0.326 e.